The first-order valence-corrected chi connectivity index (χ1v) is 4.75. The molecule has 1 fully saturated rings. The minimum absolute atomic E-state index is 0.0126. The second-order valence-electron chi connectivity index (χ2n) is 3.48. The van der Waals surface area contributed by atoms with Crippen LogP contribution in [0.5, 0.6) is 0 Å². The maximum atomic E-state index is 11.5. The SMILES string of the molecule is N#CC1CCCC1NC(=O)c1nn[nH]n1. The summed E-state index contributed by atoms with van der Waals surface area (Å²) in [5, 5.41) is 24.2. The first kappa shape index (κ1) is 9.58. The van der Waals surface area contributed by atoms with Gasteiger partial charge < -0.3 is 5.32 Å². The summed E-state index contributed by atoms with van der Waals surface area (Å²) in [6.45, 7) is 0. The molecule has 1 aliphatic carbocycles. The van der Waals surface area contributed by atoms with Gasteiger partial charge in [-0.25, -0.2) is 0 Å². The summed E-state index contributed by atoms with van der Waals surface area (Å²) < 4.78 is 0. The third-order valence-corrected chi connectivity index (χ3v) is 2.55. The van der Waals surface area contributed by atoms with Crippen molar-refractivity contribution in [1.82, 2.24) is 25.9 Å². The Hall–Kier alpha value is -1.97. The Morgan fingerprint density at radius 1 is 1.60 bits per heavy atom. The Kier molecular flexibility index (Phi) is 2.58. The molecular weight excluding hydrogens is 196 g/mol. The number of tetrazole rings is 1. The lowest BCUT2D eigenvalue weighted by Gasteiger charge is -2.13. The summed E-state index contributed by atoms with van der Waals surface area (Å²) in [6.07, 6.45) is 2.64. The van der Waals surface area contributed by atoms with Gasteiger partial charge in [-0.15, -0.1) is 10.2 Å². The molecule has 1 aliphatic rings. The van der Waals surface area contributed by atoms with E-state index in [0.717, 1.165) is 19.3 Å². The van der Waals surface area contributed by atoms with Gasteiger partial charge in [0.15, 0.2) is 0 Å². The maximum Gasteiger partial charge on any atom is 0.293 e. The van der Waals surface area contributed by atoms with Crippen LogP contribution in [0, 0.1) is 17.2 Å². The van der Waals surface area contributed by atoms with Gasteiger partial charge in [-0.2, -0.15) is 10.5 Å². The van der Waals surface area contributed by atoms with Crippen LogP contribution in [0.1, 0.15) is 29.9 Å². The van der Waals surface area contributed by atoms with Gasteiger partial charge in [-0.1, -0.05) is 0 Å². The highest BCUT2D eigenvalue weighted by atomic mass is 16.2. The third-order valence-electron chi connectivity index (χ3n) is 2.55. The van der Waals surface area contributed by atoms with Gasteiger partial charge in [-0.3, -0.25) is 4.79 Å². The molecule has 0 aliphatic heterocycles. The average molecular weight is 206 g/mol. The largest absolute Gasteiger partial charge is 0.345 e. The van der Waals surface area contributed by atoms with Gasteiger partial charge in [0.05, 0.1) is 12.0 Å². The number of hydrogen-bond acceptors (Lipinski definition) is 5. The van der Waals surface area contributed by atoms with Crippen LogP contribution in [0.25, 0.3) is 0 Å². The number of carbonyl (C=O) groups is 1. The molecule has 2 N–H and O–H groups in total. The lowest BCUT2D eigenvalue weighted by atomic mass is 10.1. The lowest BCUT2D eigenvalue weighted by Crippen LogP contribution is -2.37. The third kappa shape index (κ3) is 1.93. The number of rotatable bonds is 2. The highest BCUT2D eigenvalue weighted by Crippen LogP contribution is 2.24. The van der Waals surface area contributed by atoms with E-state index in [4.69, 9.17) is 5.26 Å². The Balaban J connectivity index is 1.98. The Labute approximate surface area is 85.9 Å². The first-order chi connectivity index (χ1) is 7.31. The van der Waals surface area contributed by atoms with Gasteiger partial charge >= 0.3 is 0 Å². The number of H-pyrrole nitrogens is 1. The number of hydrogen-bond donors (Lipinski definition) is 2. The zero-order valence-electron chi connectivity index (χ0n) is 7.97. The van der Waals surface area contributed by atoms with Crippen LogP contribution >= 0.6 is 0 Å². The van der Waals surface area contributed by atoms with Crippen LogP contribution in [-0.4, -0.2) is 32.6 Å². The minimum Gasteiger partial charge on any atom is -0.345 e. The van der Waals surface area contributed by atoms with Crippen molar-refractivity contribution in [3.63, 3.8) is 0 Å². The molecule has 0 saturated heterocycles. The van der Waals surface area contributed by atoms with Crippen molar-refractivity contribution in [2.24, 2.45) is 5.92 Å². The molecule has 0 bridgehead atoms. The van der Waals surface area contributed by atoms with Gasteiger partial charge in [0.25, 0.3) is 11.7 Å². The second kappa shape index (κ2) is 4.04. The standard InChI is InChI=1S/C8H10N6O/c9-4-5-2-1-3-6(5)10-8(15)7-11-13-14-12-7/h5-6H,1-3H2,(H,10,15)(H,11,12,13,14). The molecule has 2 atom stereocenters. The molecule has 0 radical (unpaired) electrons. The molecule has 1 amide bonds. The number of aromatic nitrogens is 4. The molecule has 1 aromatic heterocycles. The van der Waals surface area contributed by atoms with E-state index < -0.39 is 0 Å². The zero-order valence-corrected chi connectivity index (χ0v) is 7.97. The highest BCUT2D eigenvalue weighted by Gasteiger charge is 2.29. The Morgan fingerprint density at radius 3 is 3.13 bits per heavy atom. The fourth-order valence-corrected chi connectivity index (χ4v) is 1.78. The molecule has 78 valence electrons. The summed E-state index contributed by atoms with van der Waals surface area (Å²) in [7, 11) is 0. The normalized spacial score (nSPS) is 24.7. The molecule has 2 rings (SSSR count). The van der Waals surface area contributed by atoms with Crippen LogP contribution in [0.2, 0.25) is 0 Å². The quantitative estimate of drug-likeness (QED) is 0.685. The van der Waals surface area contributed by atoms with Gasteiger partial charge in [0.1, 0.15) is 0 Å². The van der Waals surface area contributed by atoms with E-state index >= 15 is 0 Å². The Morgan fingerprint density at radius 2 is 2.47 bits per heavy atom. The van der Waals surface area contributed by atoms with Crippen LogP contribution in [-0.2, 0) is 0 Å². The molecule has 0 aromatic carbocycles. The summed E-state index contributed by atoms with van der Waals surface area (Å²) in [5.41, 5.74) is 0. The van der Waals surface area contributed by atoms with Gasteiger partial charge in [0.2, 0.25) is 0 Å². The monoisotopic (exact) mass is 206 g/mol. The maximum absolute atomic E-state index is 11.5. The summed E-state index contributed by atoms with van der Waals surface area (Å²) in [5.74, 6) is -0.463. The van der Waals surface area contributed by atoms with Crippen molar-refractivity contribution in [2.75, 3.05) is 0 Å². The molecule has 0 spiro atoms. The predicted molar refractivity (Wildman–Crippen MR) is 48.4 cm³/mol. The number of amides is 1. The van der Waals surface area contributed by atoms with E-state index in [1.807, 2.05) is 0 Å². The van der Waals surface area contributed by atoms with E-state index in [0.29, 0.717) is 0 Å². The van der Waals surface area contributed by atoms with Crippen molar-refractivity contribution >= 4 is 5.91 Å². The molecule has 1 saturated carbocycles. The first-order valence-electron chi connectivity index (χ1n) is 4.75. The van der Waals surface area contributed by atoms with Crippen LogP contribution < -0.4 is 5.32 Å². The van der Waals surface area contributed by atoms with E-state index in [-0.39, 0.29) is 23.7 Å². The zero-order chi connectivity index (χ0) is 10.7. The highest BCUT2D eigenvalue weighted by molar-refractivity contribution is 5.90. The van der Waals surface area contributed by atoms with E-state index in [2.05, 4.69) is 32.0 Å². The van der Waals surface area contributed by atoms with Crippen molar-refractivity contribution in [3.8, 4) is 6.07 Å². The fourth-order valence-electron chi connectivity index (χ4n) is 1.78. The van der Waals surface area contributed by atoms with Crippen LogP contribution in [0.4, 0.5) is 0 Å². The number of aromatic amines is 1. The molecular formula is C8H10N6O. The van der Waals surface area contributed by atoms with Crippen LogP contribution in [0.15, 0.2) is 0 Å². The number of nitrogens with zero attached hydrogens (tertiary/aromatic N) is 4. The van der Waals surface area contributed by atoms with E-state index in [1.165, 1.54) is 0 Å². The summed E-state index contributed by atoms with van der Waals surface area (Å²) in [6, 6.07) is 2.10. The summed E-state index contributed by atoms with van der Waals surface area (Å²) in [4.78, 5) is 11.5. The van der Waals surface area contributed by atoms with Crippen molar-refractivity contribution in [3.05, 3.63) is 5.82 Å². The smallest absolute Gasteiger partial charge is 0.293 e. The minimum atomic E-state index is -0.379. The number of nitriles is 1. The molecule has 2 unspecified atom stereocenters. The van der Waals surface area contributed by atoms with E-state index in [1.54, 1.807) is 0 Å². The molecule has 7 heteroatoms. The number of nitrogens with one attached hydrogen (secondary N) is 2. The van der Waals surface area contributed by atoms with Gasteiger partial charge in [-0.05, 0) is 24.5 Å². The van der Waals surface area contributed by atoms with Crippen LogP contribution in [0.3, 0.4) is 0 Å². The van der Waals surface area contributed by atoms with Crippen molar-refractivity contribution in [1.29, 1.82) is 5.26 Å². The molecule has 7 nitrogen and oxygen atoms in total. The van der Waals surface area contributed by atoms with Crippen molar-refractivity contribution < 1.29 is 4.79 Å². The fraction of sp³-hybridized carbons (Fsp3) is 0.625. The second-order valence-corrected chi connectivity index (χ2v) is 3.48. The lowest BCUT2D eigenvalue weighted by molar-refractivity contribution is 0.0922. The molecule has 1 heterocycles. The van der Waals surface area contributed by atoms with E-state index in [9.17, 15) is 4.79 Å². The van der Waals surface area contributed by atoms with Crippen molar-refractivity contribution in [2.45, 2.75) is 25.3 Å². The Bertz CT molecular complexity index is 380. The number of carbonyl (C=O) groups excluding carboxylic acids is 1. The average Bonchev–Trinajstić information content (AvgIpc) is 2.87. The molecule has 1 aromatic rings. The topological polar surface area (TPSA) is 107 Å². The molecule has 15 heavy (non-hydrogen) atoms. The predicted octanol–water partition coefficient (Wildman–Crippen LogP) is -0.378. The van der Waals surface area contributed by atoms with Gasteiger partial charge in [0, 0.05) is 6.04 Å². The summed E-state index contributed by atoms with van der Waals surface area (Å²) >= 11 is 0.